The third kappa shape index (κ3) is 8.22. The van der Waals surface area contributed by atoms with Gasteiger partial charge in [0.25, 0.3) is 0 Å². The maximum atomic E-state index is 11.6. The topological polar surface area (TPSA) is 74.6 Å². The molecule has 0 radical (unpaired) electrons. The van der Waals surface area contributed by atoms with E-state index in [2.05, 4.69) is 6.92 Å². The zero-order valence-electron chi connectivity index (χ0n) is 14.8. The molecule has 0 atom stereocenters. The van der Waals surface area contributed by atoms with Crippen molar-refractivity contribution in [1.82, 2.24) is 0 Å². The predicted octanol–water partition coefficient (Wildman–Crippen LogP) is 4.19. The van der Waals surface area contributed by atoms with E-state index in [0.717, 1.165) is 19.3 Å². The van der Waals surface area contributed by atoms with E-state index < -0.39 is 22.8 Å². The van der Waals surface area contributed by atoms with Crippen molar-refractivity contribution in [3.63, 3.8) is 0 Å². The fourth-order valence-corrected chi connectivity index (χ4v) is 3.02. The van der Waals surface area contributed by atoms with E-state index in [9.17, 15) is 19.8 Å². The molecular formula is C18H36CaO4. The molecule has 0 aliphatic heterocycles. The van der Waals surface area contributed by atoms with Crippen LogP contribution < -0.4 is 0 Å². The van der Waals surface area contributed by atoms with E-state index in [0.29, 0.717) is 6.42 Å². The van der Waals surface area contributed by atoms with Gasteiger partial charge in [-0.2, -0.15) is 0 Å². The second kappa shape index (κ2) is 12.5. The van der Waals surface area contributed by atoms with Crippen LogP contribution in [0.1, 0.15) is 91.9 Å². The van der Waals surface area contributed by atoms with Crippen LogP contribution in [0.5, 0.6) is 0 Å². The third-order valence-electron chi connectivity index (χ3n) is 4.67. The maximum absolute atomic E-state index is 11.6. The van der Waals surface area contributed by atoms with Crippen molar-refractivity contribution in [3.8, 4) is 0 Å². The molecule has 0 aliphatic carbocycles. The quantitative estimate of drug-likeness (QED) is 0.312. The number of carbonyl (C=O) groups is 2. The molecule has 0 aliphatic rings. The van der Waals surface area contributed by atoms with Crippen molar-refractivity contribution >= 4 is 49.7 Å². The standard InChI is InChI=1S/C18H34O4.Ca.2H/c1-5-6-7-8-9-10-11-12-13-14-18(15(19)20,16(21)22)17(2,3)4;;;/h5-14H2,1-4H3,(H,19,20)(H,21,22);;;. The SMILES string of the molecule is CCCCCCCCCCCC(C(=O)O)(C(=O)O)C(C)(C)C.[CaH2]. The summed E-state index contributed by atoms with van der Waals surface area (Å²) in [5.41, 5.74) is -2.49. The summed E-state index contributed by atoms with van der Waals surface area (Å²) in [4.78, 5) is 23.2. The number of unbranched alkanes of at least 4 members (excludes halogenated alkanes) is 8. The van der Waals surface area contributed by atoms with Crippen molar-refractivity contribution in [2.75, 3.05) is 0 Å². The van der Waals surface area contributed by atoms with Crippen molar-refractivity contribution in [3.05, 3.63) is 0 Å². The molecule has 0 aromatic rings. The number of aliphatic carboxylic acids is 2. The Hall–Kier alpha value is 0.200. The van der Waals surface area contributed by atoms with Gasteiger partial charge in [-0.3, -0.25) is 9.59 Å². The molecule has 0 fully saturated rings. The van der Waals surface area contributed by atoms with Gasteiger partial charge in [0.05, 0.1) is 0 Å². The molecule has 0 spiro atoms. The summed E-state index contributed by atoms with van der Waals surface area (Å²) < 4.78 is 0. The summed E-state index contributed by atoms with van der Waals surface area (Å²) in [7, 11) is 0. The Bertz CT molecular complexity index is 333. The van der Waals surface area contributed by atoms with Gasteiger partial charge in [-0.25, -0.2) is 0 Å². The van der Waals surface area contributed by atoms with Gasteiger partial charge in [0, 0.05) is 0 Å². The minimum absolute atomic E-state index is 0. The first-order valence-electron chi connectivity index (χ1n) is 8.67. The summed E-state index contributed by atoms with van der Waals surface area (Å²) in [6.07, 6.45) is 10.3. The molecule has 0 unspecified atom stereocenters. The second-order valence-corrected chi connectivity index (χ2v) is 7.34. The minimum atomic E-state index is -1.69. The molecule has 0 bridgehead atoms. The molecular weight excluding hydrogens is 320 g/mol. The van der Waals surface area contributed by atoms with Crippen LogP contribution in [0.4, 0.5) is 0 Å². The van der Waals surface area contributed by atoms with E-state index >= 15 is 0 Å². The zero-order chi connectivity index (χ0) is 17.2. The van der Waals surface area contributed by atoms with Gasteiger partial charge < -0.3 is 10.2 Å². The van der Waals surface area contributed by atoms with Crippen molar-refractivity contribution in [2.24, 2.45) is 10.8 Å². The Balaban J connectivity index is 0. The van der Waals surface area contributed by atoms with E-state index in [1.165, 1.54) is 32.1 Å². The van der Waals surface area contributed by atoms with Crippen LogP contribution in [0, 0.1) is 10.8 Å². The van der Waals surface area contributed by atoms with Crippen LogP contribution in [0.3, 0.4) is 0 Å². The molecule has 5 heteroatoms. The molecule has 0 rings (SSSR count). The monoisotopic (exact) mass is 356 g/mol. The number of rotatable bonds is 12. The average molecular weight is 357 g/mol. The molecule has 0 saturated heterocycles. The molecule has 0 aromatic carbocycles. The molecule has 4 nitrogen and oxygen atoms in total. The van der Waals surface area contributed by atoms with E-state index in [4.69, 9.17) is 0 Å². The summed E-state index contributed by atoms with van der Waals surface area (Å²) in [5.74, 6) is -2.43. The van der Waals surface area contributed by atoms with Gasteiger partial charge in [-0.1, -0.05) is 85.5 Å². The summed E-state index contributed by atoms with van der Waals surface area (Å²) >= 11 is 0. The van der Waals surface area contributed by atoms with E-state index in [1.807, 2.05) is 0 Å². The van der Waals surface area contributed by atoms with Gasteiger partial charge in [-0.15, -0.1) is 0 Å². The number of carboxylic acid groups (broad SMARTS) is 2. The summed E-state index contributed by atoms with van der Waals surface area (Å²) in [6.45, 7) is 7.29. The second-order valence-electron chi connectivity index (χ2n) is 7.34. The predicted molar refractivity (Wildman–Crippen MR) is 97.5 cm³/mol. The van der Waals surface area contributed by atoms with Crippen molar-refractivity contribution in [1.29, 1.82) is 0 Å². The first kappa shape index (κ1) is 25.4. The first-order valence-corrected chi connectivity index (χ1v) is 8.67. The molecule has 134 valence electrons. The van der Waals surface area contributed by atoms with Crippen LogP contribution >= 0.6 is 0 Å². The van der Waals surface area contributed by atoms with Crippen LogP contribution in [0.2, 0.25) is 0 Å². The van der Waals surface area contributed by atoms with Crippen LogP contribution in [-0.2, 0) is 9.59 Å². The summed E-state index contributed by atoms with van der Waals surface area (Å²) in [6, 6.07) is 0. The summed E-state index contributed by atoms with van der Waals surface area (Å²) in [5, 5.41) is 18.9. The molecule has 2 N–H and O–H groups in total. The van der Waals surface area contributed by atoms with Crippen LogP contribution in [-0.4, -0.2) is 59.9 Å². The fraction of sp³-hybridized carbons (Fsp3) is 0.889. The molecule has 0 aromatic heterocycles. The zero-order valence-corrected chi connectivity index (χ0v) is 14.8. The Morgan fingerprint density at radius 1 is 0.739 bits per heavy atom. The average Bonchev–Trinajstić information content (AvgIpc) is 2.38. The van der Waals surface area contributed by atoms with Crippen LogP contribution in [0.15, 0.2) is 0 Å². The fourth-order valence-electron chi connectivity index (χ4n) is 3.02. The number of hydrogen-bond acceptors (Lipinski definition) is 2. The Morgan fingerprint density at radius 3 is 1.39 bits per heavy atom. The van der Waals surface area contributed by atoms with Gasteiger partial charge in [0.2, 0.25) is 0 Å². The van der Waals surface area contributed by atoms with Gasteiger partial charge in [0.1, 0.15) is 0 Å². The van der Waals surface area contributed by atoms with Crippen molar-refractivity contribution < 1.29 is 19.8 Å². The molecule has 0 heterocycles. The number of hydrogen-bond donors (Lipinski definition) is 2. The van der Waals surface area contributed by atoms with Gasteiger partial charge in [-0.05, 0) is 11.8 Å². The third-order valence-corrected chi connectivity index (χ3v) is 4.67. The molecule has 23 heavy (non-hydrogen) atoms. The first-order chi connectivity index (χ1) is 10.2. The van der Waals surface area contributed by atoms with Crippen molar-refractivity contribution in [2.45, 2.75) is 91.9 Å². The molecule has 0 amide bonds. The molecule has 0 saturated carbocycles. The van der Waals surface area contributed by atoms with E-state index in [-0.39, 0.29) is 44.2 Å². The van der Waals surface area contributed by atoms with E-state index in [1.54, 1.807) is 20.8 Å². The Labute approximate surface area is 171 Å². The Morgan fingerprint density at radius 2 is 1.09 bits per heavy atom. The Kier molecular flexibility index (Phi) is 13.9. The number of carboxylic acids is 2. The van der Waals surface area contributed by atoms with Crippen LogP contribution in [0.25, 0.3) is 0 Å². The van der Waals surface area contributed by atoms with Gasteiger partial charge in [0.15, 0.2) is 5.41 Å². The normalized spacial score (nSPS) is 11.8. The van der Waals surface area contributed by atoms with Gasteiger partial charge >= 0.3 is 49.7 Å².